The third-order valence-corrected chi connectivity index (χ3v) is 5.33. The van der Waals surface area contributed by atoms with Crippen LogP contribution in [0.1, 0.15) is 38.7 Å². The molecule has 0 aliphatic heterocycles. The van der Waals surface area contributed by atoms with E-state index in [0.29, 0.717) is 22.1 Å². The van der Waals surface area contributed by atoms with Gasteiger partial charge in [-0.2, -0.15) is 5.10 Å². The molecule has 0 radical (unpaired) electrons. The average Bonchev–Trinajstić information content (AvgIpc) is 3.17. The van der Waals surface area contributed by atoms with Crippen molar-refractivity contribution in [3.05, 3.63) is 87.6 Å². The zero-order valence-corrected chi connectivity index (χ0v) is 18.0. The minimum absolute atomic E-state index is 0.342. The lowest BCUT2D eigenvalue weighted by atomic mass is 10.2. The topological polar surface area (TPSA) is 63.7 Å². The van der Waals surface area contributed by atoms with E-state index in [1.165, 1.54) is 5.56 Å². The Kier molecular flexibility index (Phi) is 5.18. The summed E-state index contributed by atoms with van der Waals surface area (Å²) in [6.07, 6.45) is 3.33. The van der Waals surface area contributed by atoms with Crippen LogP contribution in [0.25, 0.3) is 11.3 Å². The number of carbonyl (C=O) groups excluding carboxylic acids is 1. The number of benzene rings is 1. The molecule has 4 rings (SSSR count). The van der Waals surface area contributed by atoms with Crippen molar-refractivity contribution < 1.29 is 4.79 Å². The van der Waals surface area contributed by atoms with Gasteiger partial charge in [-0.1, -0.05) is 29.3 Å². The van der Waals surface area contributed by atoms with Crippen LogP contribution in [-0.2, 0) is 0 Å². The number of nitrogens with zero attached hydrogens (tertiary/aromatic N) is 4. The van der Waals surface area contributed by atoms with Gasteiger partial charge in [-0.05, 0) is 58.0 Å². The molecule has 0 aliphatic rings. The lowest BCUT2D eigenvalue weighted by Gasteiger charge is -2.09. The standard InChI is InChI=1S/C23H22ClN5O/c1-14-5-8-20(9-6-14)29-15(2)11-18(17(29)4)12-25-27-23(30)22-16(3)26-21-10-7-19(24)13-28(21)22/h5-13H,1-4H3,(H,27,30)/b25-12-. The van der Waals surface area contributed by atoms with Gasteiger partial charge in [-0.15, -0.1) is 0 Å². The van der Waals surface area contributed by atoms with Gasteiger partial charge in [0, 0.05) is 28.8 Å². The van der Waals surface area contributed by atoms with Gasteiger partial charge in [0.25, 0.3) is 5.91 Å². The van der Waals surface area contributed by atoms with E-state index < -0.39 is 0 Å². The maximum Gasteiger partial charge on any atom is 0.290 e. The van der Waals surface area contributed by atoms with Gasteiger partial charge in [0.15, 0.2) is 0 Å². The van der Waals surface area contributed by atoms with E-state index in [1.54, 1.807) is 35.9 Å². The van der Waals surface area contributed by atoms with Crippen molar-refractivity contribution in [2.75, 3.05) is 0 Å². The first-order valence-corrected chi connectivity index (χ1v) is 9.96. The lowest BCUT2D eigenvalue weighted by molar-refractivity contribution is 0.0948. The molecule has 0 fully saturated rings. The average molecular weight is 420 g/mol. The van der Waals surface area contributed by atoms with E-state index >= 15 is 0 Å². The Morgan fingerprint density at radius 2 is 1.83 bits per heavy atom. The third kappa shape index (κ3) is 3.62. The molecule has 0 spiro atoms. The Morgan fingerprint density at radius 1 is 1.10 bits per heavy atom. The Bertz CT molecular complexity index is 1280. The van der Waals surface area contributed by atoms with Gasteiger partial charge in [0.05, 0.1) is 16.9 Å². The van der Waals surface area contributed by atoms with E-state index in [4.69, 9.17) is 11.6 Å². The first kappa shape index (κ1) is 19.9. The van der Waals surface area contributed by atoms with Crippen LogP contribution in [0.15, 0.2) is 53.8 Å². The summed E-state index contributed by atoms with van der Waals surface area (Å²) >= 11 is 6.07. The van der Waals surface area contributed by atoms with Crippen LogP contribution in [0.3, 0.4) is 0 Å². The second-order valence-electron chi connectivity index (χ2n) is 7.32. The molecule has 4 aromatic rings. The molecule has 1 aromatic carbocycles. The number of aryl methyl sites for hydroxylation is 3. The van der Waals surface area contributed by atoms with Crippen LogP contribution in [0.4, 0.5) is 0 Å². The SMILES string of the molecule is Cc1ccc(-n2c(C)cc(/C=N\NC(=O)c3c(C)nc4ccc(Cl)cn34)c2C)cc1. The summed E-state index contributed by atoms with van der Waals surface area (Å²) in [5, 5.41) is 4.71. The van der Waals surface area contributed by atoms with Crippen molar-refractivity contribution in [3.8, 4) is 5.69 Å². The molecule has 0 aliphatic carbocycles. The van der Waals surface area contributed by atoms with Crippen LogP contribution in [0, 0.1) is 27.7 Å². The van der Waals surface area contributed by atoms with Gasteiger partial charge in [0.1, 0.15) is 11.3 Å². The van der Waals surface area contributed by atoms with Crippen molar-refractivity contribution in [1.29, 1.82) is 0 Å². The molecule has 0 saturated heterocycles. The first-order chi connectivity index (χ1) is 14.3. The van der Waals surface area contributed by atoms with Crippen LogP contribution in [-0.4, -0.2) is 26.1 Å². The van der Waals surface area contributed by atoms with E-state index in [2.05, 4.69) is 51.3 Å². The molecular formula is C23H22ClN5O. The summed E-state index contributed by atoms with van der Waals surface area (Å²) in [5.41, 5.74) is 9.68. The third-order valence-electron chi connectivity index (χ3n) is 5.10. The second-order valence-corrected chi connectivity index (χ2v) is 7.75. The Hall–Kier alpha value is -3.38. The first-order valence-electron chi connectivity index (χ1n) is 9.59. The molecule has 3 aromatic heterocycles. The summed E-state index contributed by atoms with van der Waals surface area (Å²) in [6.45, 7) is 7.94. The summed E-state index contributed by atoms with van der Waals surface area (Å²) in [6, 6.07) is 13.9. The van der Waals surface area contributed by atoms with E-state index in [9.17, 15) is 4.79 Å². The van der Waals surface area contributed by atoms with E-state index in [-0.39, 0.29) is 5.91 Å². The minimum atomic E-state index is -0.342. The van der Waals surface area contributed by atoms with E-state index in [0.717, 1.165) is 22.6 Å². The fourth-order valence-electron chi connectivity index (χ4n) is 3.63. The van der Waals surface area contributed by atoms with Crippen LogP contribution < -0.4 is 5.43 Å². The van der Waals surface area contributed by atoms with Crippen LogP contribution >= 0.6 is 11.6 Å². The highest BCUT2D eigenvalue weighted by molar-refractivity contribution is 6.30. The van der Waals surface area contributed by atoms with Crippen molar-refractivity contribution in [2.24, 2.45) is 5.10 Å². The molecule has 6 nitrogen and oxygen atoms in total. The highest BCUT2D eigenvalue weighted by Gasteiger charge is 2.16. The Labute approximate surface area is 179 Å². The number of rotatable bonds is 4. The number of hydrogen-bond donors (Lipinski definition) is 1. The number of carbonyl (C=O) groups is 1. The molecule has 0 saturated carbocycles. The highest BCUT2D eigenvalue weighted by atomic mass is 35.5. The molecular weight excluding hydrogens is 398 g/mol. The number of fused-ring (bicyclic) bond motifs is 1. The molecule has 1 amide bonds. The zero-order valence-electron chi connectivity index (χ0n) is 17.3. The summed E-state index contributed by atoms with van der Waals surface area (Å²) in [4.78, 5) is 17.1. The molecule has 30 heavy (non-hydrogen) atoms. The largest absolute Gasteiger partial charge is 0.318 e. The number of pyridine rings is 1. The summed E-state index contributed by atoms with van der Waals surface area (Å²) in [7, 11) is 0. The minimum Gasteiger partial charge on any atom is -0.318 e. The van der Waals surface area contributed by atoms with E-state index in [1.807, 2.05) is 19.9 Å². The lowest BCUT2D eigenvalue weighted by Crippen LogP contribution is -2.20. The normalized spacial score (nSPS) is 11.5. The zero-order chi connectivity index (χ0) is 21.4. The smallest absolute Gasteiger partial charge is 0.290 e. The van der Waals surface area contributed by atoms with Crippen molar-refractivity contribution in [2.45, 2.75) is 27.7 Å². The number of hydrazone groups is 1. The van der Waals surface area contributed by atoms with Gasteiger partial charge < -0.3 is 4.57 Å². The molecule has 0 unspecified atom stereocenters. The number of hydrogen-bond acceptors (Lipinski definition) is 3. The second kappa shape index (κ2) is 7.80. The monoisotopic (exact) mass is 419 g/mol. The fourth-order valence-corrected chi connectivity index (χ4v) is 3.79. The summed E-state index contributed by atoms with van der Waals surface area (Å²) in [5.74, 6) is -0.342. The molecule has 0 atom stereocenters. The maximum atomic E-state index is 12.7. The van der Waals surface area contributed by atoms with Crippen molar-refractivity contribution in [3.63, 3.8) is 0 Å². The number of nitrogens with one attached hydrogen (secondary N) is 1. The molecule has 1 N–H and O–H groups in total. The Balaban J connectivity index is 1.58. The predicted molar refractivity (Wildman–Crippen MR) is 120 cm³/mol. The highest BCUT2D eigenvalue weighted by Crippen LogP contribution is 2.20. The summed E-state index contributed by atoms with van der Waals surface area (Å²) < 4.78 is 3.84. The van der Waals surface area contributed by atoms with Gasteiger partial charge >= 0.3 is 0 Å². The fraction of sp³-hybridized carbons (Fsp3) is 0.174. The van der Waals surface area contributed by atoms with Crippen LogP contribution in [0.5, 0.6) is 0 Å². The Morgan fingerprint density at radius 3 is 2.57 bits per heavy atom. The number of imidazole rings is 1. The van der Waals surface area contributed by atoms with Crippen molar-refractivity contribution in [1.82, 2.24) is 19.4 Å². The van der Waals surface area contributed by atoms with Gasteiger partial charge in [-0.3, -0.25) is 9.20 Å². The quantitative estimate of drug-likeness (QED) is 0.382. The number of aromatic nitrogens is 3. The van der Waals surface area contributed by atoms with Crippen LogP contribution in [0.2, 0.25) is 5.02 Å². The molecule has 3 heterocycles. The maximum absolute atomic E-state index is 12.7. The van der Waals surface area contributed by atoms with Gasteiger partial charge in [0.2, 0.25) is 0 Å². The number of amides is 1. The predicted octanol–water partition coefficient (Wildman–Crippen LogP) is 4.78. The van der Waals surface area contributed by atoms with Crippen molar-refractivity contribution >= 4 is 29.4 Å². The number of halogens is 1. The van der Waals surface area contributed by atoms with Gasteiger partial charge in [-0.25, -0.2) is 10.4 Å². The molecule has 7 heteroatoms. The molecule has 152 valence electrons. The molecule has 0 bridgehead atoms.